The van der Waals surface area contributed by atoms with Crippen LogP contribution in [0.1, 0.15) is 58.8 Å². The van der Waals surface area contributed by atoms with Crippen LogP contribution in [-0.4, -0.2) is 49.7 Å². The van der Waals surface area contributed by atoms with E-state index in [9.17, 15) is 4.79 Å². The van der Waals surface area contributed by atoms with Gasteiger partial charge >= 0.3 is 5.97 Å². The molecule has 2 rings (SSSR count). The molecule has 0 bridgehead atoms. The molecule has 0 aromatic carbocycles. The van der Waals surface area contributed by atoms with Crippen molar-refractivity contribution >= 4 is 5.97 Å². The molecule has 2 aliphatic rings. The number of esters is 1. The maximum atomic E-state index is 11.8. The molecule has 0 radical (unpaired) electrons. The van der Waals surface area contributed by atoms with Crippen molar-refractivity contribution in [3.63, 3.8) is 0 Å². The molecule has 1 aliphatic carbocycles. The molecule has 0 aromatic rings. The van der Waals surface area contributed by atoms with Crippen molar-refractivity contribution in [2.24, 2.45) is 5.41 Å². The predicted molar refractivity (Wildman–Crippen MR) is 85.3 cm³/mol. The molecule has 2 fully saturated rings. The highest BCUT2D eigenvalue weighted by molar-refractivity contribution is 5.75. The molecule has 1 heterocycles. The van der Waals surface area contributed by atoms with Gasteiger partial charge in [0.25, 0.3) is 0 Å². The highest BCUT2D eigenvalue weighted by Crippen LogP contribution is 2.37. The van der Waals surface area contributed by atoms with Gasteiger partial charge in [-0.2, -0.15) is 0 Å². The number of nitrogens with one attached hydrogen (secondary N) is 1. The summed E-state index contributed by atoms with van der Waals surface area (Å²) in [7, 11) is 1.49. The van der Waals surface area contributed by atoms with Crippen LogP contribution < -0.4 is 5.32 Å². The zero-order valence-corrected chi connectivity index (χ0v) is 14.0. The molecule has 122 valence electrons. The molecule has 4 nitrogen and oxygen atoms in total. The number of hydrogen-bond donors (Lipinski definition) is 1. The van der Waals surface area contributed by atoms with E-state index in [1.54, 1.807) is 0 Å². The SMILES string of the molecule is CCC1(CC)CCN(CCC(NC2CC2)C(=O)OC)CC1. The van der Waals surface area contributed by atoms with E-state index in [1.165, 1.54) is 58.7 Å². The molecule has 0 amide bonds. The topological polar surface area (TPSA) is 41.6 Å². The fourth-order valence-electron chi connectivity index (χ4n) is 3.47. The second-order valence-corrected chi connectivity index (χ2v) is 6.85. The van der Waals surface area contributed by atoms with E-state index >= 15 is 0 Å². The van der Waals surface area contributed by atoms with Gasteiger partial charge in [0.1, 0.15) is 6.04 Å². The second kappa shape index (κ2) is 7.59. The lowest BCUT2D eigenvalue weighted by molar-refractivity contribution is -0.143. The zero-order valence-electron chi connectivity index (χ0n) is 14.0. The first-order chi connectivity index (χ1) is 10.1. The summed E-state index contributed by atoms with van der Waals surface area (Å²) in [6, 6.07) is 0.426. The summed E-state index contributed by atoms with van der Waals surface area (Å²) in [5.41, 5.74) is 0.574. The van der Waals surface area contributed by atoms with Gasteiger partial charge in [0.15, 0.2) is 0 Å². The molecule has 4 heteroatoms. The van der Waals surface area contributed by atoms with Crippen LogP contribution in [0.5, 0.6) is 0 Å². The molecular weight excluding hydrogens is 264 g/mol. The van der Waals surface area contributed by atoms with Crippen molar-refractivity contribution in [3.05, 3.63) is 0 Å². The first-order valence-corrected chi connectivity index (χ1v) is 8.68. The minimum atomic E-state index is -0.119. The second-order valence-electron chi connectivity index (χ2n) is 6.85. The monoisotopic (exact) mass is 296 g/mol. The van der Waals surface area contributed by atoms with Gasteiger partial charge in [-0.05, 0) is 50.6 Å². The van der Waals surface area contributed by atoms with Crippen LogP contribution in [0.4, 0.5) is 0 Å². The summed E-state index contributed by atoms with van der Waals surface area (Å²) in [6.45, 7) is 8.01. The number of methoxy groups -OCH3 is 1. The van der Waals surface area contributed by atoms with E-state index in [2.05, 4.69) is 24.1 Å². The number of nitrogens with zero attached hydrogens (tertiary/aromatic N) is 1. The molecule has 0 aromatic heterocycles. The van der Waals surface area contributed by atoms with Gasteiger partial charge in [0, 0.05) is 12.6 Å². The van der Waals surface area contributed by atoms with Crippen molar-refractivity contribution in [1.29, 1.82) is 0 Å². The summed E-state index contributed by atoms with van der Waals surface area (Å²) in [5, 5.41) is 3.42. The number of ether oxygens (including phenoxy) is 1. The average Bonchev–Trinajstić information content (AvgIpc) is 3.35. The standard InChI is InChI=1S/C17H32N2O2/c1-4-17(5-2)9-12-19(13-10-17)11-8-15(16(20)21-3)18-14-6-7-14/h14-15,18H,4-13H2,1-3H3. The van der Waals surface area contributed by atoms with Gasteiger partial charge in [-0.25, -0.2) is 0 Å². The molecule has 0 spiro atoms. The molecule has 1 saturated carbocycles. The normalized spacial score (nSPS) is 23.8. The Morgan fingerprint density at radius 3 is 2.38 bits per heavy atom. The van der Waals surface area contributed by atoms with Crippen LogP contribution in [0.3, 0.4) is 0 Å². The minimum Gasteiger partial charge on any atom is -0.468 e. The Hall–Kier alpha value is -0.610. The van der Waals surface area contributed by atoms with E-state index in [0.29, 0.717) is 11.5 Å². The Morgan fingerprint density at radius 2 is 1.90 bits per heavy atom. The molecule has 1 atom stereocenters. The summed E-state index contributed by atoms with van der Waals surface area (Å²) >= 11 is 0. The zero-order chi connectivity index (χ0) is 15.3. The van der Waals surface area contributed by atoms with Crippen LogP contribution in [0.25, 0.3) is 0 Å². The number of carbonyl (C=O) groups excluding carboxylic acids is 1. The Balaban J connectivity index is 1.75. The Labute approximate surface area is 129 Å². The molecule has 1 unspecified atom stereocenters. The van der Waals surface area contributed by atoms with Crippen molar-refractivity contribution < 1.29 is 9.53 Å². The highest BCUT2D eigenvalue weighted by Gasteiger charge is 2.32. The Kier molecular flexibility index (Phi) is 6.06. The number of rotatable bonds is 8. The van der Waals surface area contributed by atoms with E-state index in [1.807, 2.05) is 0 Å². The van der Waals surface area contributed by atoms with Crippen molar-refractivity contribution in [2.75, 3.05) is 26.7 Å². The van der Waals surface area contributed by atoms with E-state index in [0.717, 1.165) is 13.0 Å². The van der Waals surface area contributed by atoms with Crippen molar-refractivity contribution in [3.8, 4) is 0 Å². The van der Waals surface area contributed by atoms with Gasteiger partial charge in [-0.1, -0.05) is 26.7 Å². The lowest BCUT2D eigenvalue weighted by atomic mass is 9.74. The van der Waals surface area contributed by atoms with Gasteiger partial charge in [-0.3, -0.25) is 4.79 Å². The number of hydrogen-bond acceptors (Lipinski definition) is 4. The Morgan fingerprint density at radius 1 is 1.29 bits per heavy atom. The fourth-order valence-corrected chi connectivity index (χ4v) is 3.47. The fraction of sp³-hybridized carbons (Fsp3) is 0.941. The first kappa shape index (κ1) is 16.8. The number of likely N-dealkylation sites (tertiary alicyclic amines) is 1. The lowest BCUT2D eigenvalue weighted by Gasteiger charge is -2.41. The van der Waals surface area contributed by atoms with E-state index < -0.39 is 0 Å². The molecule has 21 heavy (non-hydrogen) atoms. The largest absolute Gasteiger partial charge is 0.468 e. The minimum absolute atomic E-state index is 0.102. The van der Waals surface area contributed by atoms with Gasteiger partial charge in [0.05, 0.1) is 7.11 Å². The lowest BCUT2D eigenvalue weighted by Crippen LogP contribution is -2.44. The van der Waals surface area contributed by atoms with Crippen molar-refractivity contribution in [1.82, 2.24) is 10.2 Å². The first-order valence-electron chi connectivity index (χ1n) is 8.68. The van der Waals surface area contributed by atoms with Gasteiger partial charge < -0.3 is 15.0 Å². The van der Waals surface area contributed by atoms with Crippen molar-refractivity contribution in [2.45, 2.75) is 70.9 Å². The third kappa shape index (κ3) is 4.68. The highest BCUT2D eigenvalue weighted by atomic mass is 16.5. The smallest absolute Gasteiger partial charge is 0.322 e. The van der Waals surface area contributed by atoms with E-state index in [-0.39, 0.29) is 12.0 Å². The Bertz CT molecular complexity index is 328. The van der Waals surface area contributed by atoms with Crippen LogP contribution in [-0.2, 0) is 9.53 Å². The average molecular weight is 296 g/mol. The summed E-state index contributed by atoms with van der Waals surface area (Å²) in [4.78, 5) is 14.4. The molecule has 1 N–H and O–H groups in total. The van der Waals surface area contributed by atoms with Crippen LogP contribution in [0, 0.1) is 5.41 Å². The summed E-state index contributed by atoms with van der Waals surface area (Å²) in [5.74, 6) is -0.102. The van der Waals surface area contributed by atoms with Crippen LogP contribution >= 0.6 is 0 Å². The maximum absolute atomic E-state index is 11.8. The summed E-state index contributed by atoms with van der Waals surface area (Å²) < 4.78 is 4.93. The van der Waals surface area contributed by atoms with E-state index in [4.69, 9.17) is 4.74 Å². The molecular formula is C17H32N2O2. The molecule has 1 aliphatic heterocycles. The quantitative estimate of drug-likeness (QED) is 0.699. The number of carbonyl (C=O) groups is 1. The maximum Gasteiger partial charge on any atom is 0.322 e. The third-order valence-corrected chi connectivity index (χ3v) is 5.65. The molecule has 1 saturated heterocycles. The van der Waals surface area contributed by atoms with Gasteiger partial charge in [-0.15, -0.1) is 0 Å². The van der Waals surface area contributed by atoms with Crippen LogP contribution in [0.2, 0.25) is 0 Å². The number of piperidine rings is 1. The van der Waals surface area contributed by atoms with Crippen LogP contribution in [0.15, 0.2) is 0 Å². The third-order valence-electron chi connectivity index (χ3n) is 5.65. The van der Waals surface area contributed by atoms with Gasteiger partial charge in [0.2, 0.25) is 0 Å². The summed E-state index contributed by atoms with van der Waals surface area (Å²) in [6.07, 6.45) is 8.47. The predicted octanol–water partition coefficient (Wildman–Crippen LogP) is 2.57.